The number of rotatable bonds is 8. The van der Waals surface area contributed by atoms with Crippen LogP contribution >= 0.6 is 0 Å². The quantitative estimate of drug-likeness (QED) is 0.204. The molecule has 0 spiro atoms. The van der Waals surface area contributed by atoms with Crippen LogP contribution in [0.25, 0.3) is 0 Å². The van der Waals surface area contributed by atoms with Crippen LogP contribution in [0.4, 0.5) is 5.69 Å². The molecule has 4 aromatic rings. The first-order chi connectivity index (χ1) is 18.6. The van der Waals surface area contributed by atoms with Crippen LogP contribution in [0, 0.1) is 0 Å². The number of nitrogens with zero attached hydrogens (tertiary/aromatic N) is 2. The van der Waals surface area contributed by atoms with Crippen molar-refractivity contribution >= 4 is 27.3 Å². The topological polar surface area (TPSA) is 78.8 Å². The van der Waals surface area contributed by atoms with Crippen molar-refractivity contribution in [2.75, 3.05) is 4.31 Å². The van der Waals surface area contributed by atoms with Gasteiger partial charge >= 0.3 is 0 Å². The average molecular weight is 540 g/mol. The lowest BCUT2D eigenvalue weighted by Gasteiger charge is -2.26. The molecule has 200 valence electrons. The Bertz CT molecular complexity index is 1560. The number of sulfonamides is 1. The number of amides is 1. The molecule has 0 aliphatic carbocycles. The number of carbonyl (C=O) groups is 1. The number of para-hydroxylation sites is 1. The molecule has 4 rings (SSSR count). The summed E-state index contributed by atoms with van der Waals surface area (Å²) in [5.74, 6) is -0.502. The number of hydrazone groups is 1. The Morgan fingerprint density at radius 1 is 0.795 bits per heavy atom. The van der Waals surface area contributed by atoms with E-state index in [1.54, 1.807) is 54.6 Å². The Balaban J connectivity index is 1.67. The smallest absolute Gasteiger partial charge is 0.267 e. The van der Waals surface area contributed by atoms with Crippen molar-refractivity contribution < 1.29 is 13.2 Å². The predicted molar refractivity (Wildman–Crippen MR) is 158 cm³/mol. The van der Waals surface area contributed by atoms with Crippen molar-refractivity contribution in [3.8, 4) is 0 Å². The second-order valence-electron chi connectivity index (χ2n) is 10.3. The van der Waals surface area contributed by atoms with Crippen LogP contribution in [0.15, 0.2) is 119 Å². The highest BCUT2D eigenvalue weighted by Crippen LogP contribution is 2.29. The third-order valence-corrected chi connectivity index (χ3v) is 8.19. The second kappa shape index (κ2) is 11.7. The van der Waals surface area contributed by atoms with Crippen molar-refractivity contribution in [3.05, 3.63) is 131 Å². The van der Waals surface area contributed by atoms with E-state index in [1.807, 2.05) is 49.4 Å². The van der Waals surface area contributed by atoms with Gasteiger partial charge in [0.2, 0.25) is 0 Å². The maximum atomic E-state index is 13.8. The van der Waals surface area contributed by atoms with E-state index in [4.69, 9.17) is 0 Å². The first kappa shape index (κ1) is 27.8. The number of benzene rings is 4. The molecule has 39 heavy (non-hydrogen) atoms. The molecular formula is C32H33N3O3S. The summed E-state index contributed by atoms with van der Waals surface area (Å²) >= 11 is 0. The standard InChI is InChI=1S/C32H33N3O3S/c1-24(26-19-21-27(22-20-26)32(2,3)4)33-34-31(36)29-17-11-12-18-30(29)35(23-25-13-7-5-8-14-25)39(37,38)28-15-9-6-10-16-28/h5-22H,23H2,1-4H3,(H,34,36)/b33-24+. The molecule has 0 atom stereocenters. The Morgan fingerprint density at radius 2 is 1.36 bits per heavy atom. The van der Waals surface area contributed by atoms with Crippen LogP contribution in [0.1, 0.15) is 54.7 Å². The lowest BCUT2D eigenvalue weighted by atomic mass is 9.86. The zero-order chi connectivity index (χ0) is 28.0. The summed E-state index contributed by atoms with van der Waals surface area (Å²) in [5, 5.41) is 4.32. The van der Waals surface area contributed by atoms with Crippen LogP contribution < -0.4 is 9.73 Å². The van der Waals surface area contributed by atoms with Crippen LogP contribution in [-0.4, -0.2) is 20.0 Å². The van der Waals surface area contributed by atoms with Crippen molar-refractivity contribution in [3.63, 3.8) is 0 Å². The molecule has 6 nitrogen and oxygen atoms in total. The van der Waals surface area contributed by atoms with Gasteiger partial charge in [-0.05, 0) is 53.3 Å². The largest absolute Gasteiger partial charge is 0.273 e. The van der Waals surface area contributed by atoms with Gasteiger partial charge in [0, 0.05) is 0 Å². The molecule has 0 bridgehead atoms. The van der Waals surface area contributed by atoms with Crippen molar-refractivity contribution in [2.45, 2.75) is 44.6 Å². The van der Waals surface area contributed by atoms with Crippen molar-refractivity contribution in [1.82, 2.24) is 5.43 Å². The number of nitrogens with one attached hydrogen (secondary N) is 1. The predicted octanol–water partition coefficient (Wildman–Crippen LogP) is 6.53. The van der Waals surface area contributed by atoms with Crippen LogP contribution in [0.5, 0.6) is 0 Å². The van der Waals surface area contributed by atoms with Gasteiger partial charge in [0.05, 0.1) is 28.4 Å². The zero-order valence-electron chi connectivity index (χ0n) is 22.6. The summed E-state index contributed by atoms with van der Waals surface area (Å²) in [6, 6.07) is 32.3. The van der Waals surface area contributed by atoms with Gasteiger partial charge in [-0.15, -0.1) is 0 Å². The Kier molecular flexibility index (Phi) is 8.31. The van der Waals surface area contributed by atoms with E-state index >= 15 is 0 Å². The minimum absolute atomic E-state index is 0.0349. The van der Waals surface area contributed by atoms with Gasteiger partial charge in [-0.25, -0.2) is 13.8 Å². The van der Waals surface area contributed by atoms with E-state index in [0.29, 0.717) is 5.71 Å². The normalized spacial score (nSPS) is 12.2. The molecule has 1 amide bonds. The summed E-state index contributed by atoms with van der Waals surface area (Å²) in [5.41, 5.74) is 6.64. The molecule has 0 aliphatic rings. The minimum Gasteiger partial charge on any atom is -0.267 e. The molecule has 0 radical (unpaired) electrons. The number of anilines is 1. The molecule has 1 N–H and O–H groups in total. The van der Waals surface area contributed by atoms with Gasteiger partial charge < -0.3 is 0 Å². The monoisotopic (exact) mass is 539 g/mol. The van der Waals surface area contributed by atoms with E-state index in [2.05, 4.69) is 43.4 Å². The molecule has 0 heterocycles. The lowest BCUT2D eigenvalue weighted by Crippen LogP contribution is -2.33. The van der Waals surface area contributed by atoms with E-state index < -0.39 is 15.9 Å². The first-order valence-corrected chi connectivity index (χ1v) is 14.2. The number of hydrogen-bond acceptors (Lipinski definition) is 4. The fourth-order valence-electron chi connectivity index (χ4n) is 4.12. The molecule has 4 aromatic carbocycles. The van der Waals surface area contributed by atoms with Gasteiger partial charge in [-0.2, -0.15) is 5.10 Å². The Labute approximate surface area is 231 Å². The second-order valence-corrected chi connectivity index (χ2v) is 12.2. The van der Waals surface area contributed by atoms with Crippen molar-refractivity contribution in [2.24, 2.45) is 5.10 Å². The average Bonchev–Trinajstić information content (AvgIpc) is 2.95. The molecular weight excluding hydrogens is 506 g/mol. The number of hydrogen-bond donors (Lipinski definition) is 1. The van der Waals surface area contributed by atoms with Crippen LogP contribution in [-0.2, 0) is 22.0 Å². The molecule has 7 heteroatoms. The summed E-state index contributed by atoms with van der Waals surface area (Å²) < 4.78 is 28.9. The summed E-state index contributed by atoms with van der Waals surface area (Å²) in [4.78, 5) is 13.5. The zero-order valence-corrected chi connectivity index (χ0v) is 23.4. The fraction of sp³-hybridized carbons (Fsp3) is 0.188. The van der Waals surface area contributed by atoms with E-state index in [1.165, 1.54) is 9.87 Å². The van der Waals surface area contributed by atoms with Gasteiger partial charge in [-0.1, -0.05) is 106 Å². The maximum Gasteiger partial charge on any atom is 0.273 e. The highest BCUT2D eigenvalue weighted by molar-refractivity contribution is 7.92. The first-order valence-electron chi connectivity index (χ1n) is 12.7. The van der Waals surface area contributed by atoms with E-state index in [0.717, 1.165) is 11.1 Å². The Morgan fingerprint density at radius 3 is 1.97 bits per heavy atom. The highest BCUT2D eigenvalue weighted by Gasteiger charge is 2.28. The van der Waals surface area contributed by atoms with Crippen molar-refractivity contribution in [1.29, 1.82) is 0 Å². The minimum atomic E-state index is -3.98. The van der Waals surface area contributed by atoms with E-state index in [-0.39, 0.29) is 28.1 Å². The summed E-state index contributed by atoms with van der Waals surface area (Å²) in [7, 11) is -3.98. The van der Waals surface area contributed by atoms with Gasteiger partial charge in [-0.3, -0.25) is 9.10 Å². The SMILES string of the molecule is C/C(=N\NC(=O)c1ccccc1N(Cc1ccccc1)S(=O)(=O)c1ccccc1)c1ccc(C(C)(C)C)cc1. The van der Waals surface area contributed by atoms with Crippen LogP contribution in [0.2, 0.25) is 0 Å². The molecule has 0 unspecified atom stereocenters. The van der Waals surface area contributed by atoms with Gasteiger partial charge in [0.1, 0.15) is 0 Å². The maximum absolute atomic E-state index is 13.8. The third kappa shape index (κ3) is 6.62. The third-order valence-electron chi connectivity index (χ3n) is 6.41. The summed E-state index contributed by atoms with van der Waals surface area (Å²) in [6.07, 6.45) is 0. The van der Waals surface area contributed by atoms with Gasteiger partial charge in [0.25, 0.3) is 15.9 Å². The molecule has 0 aromatic heterocycles. The highest BCUT2D eigenvalue weighted by atomic mass is 32.2. The van der Waals surface area contributed by atoms with E-state index in [9.17, 15) is 13.2 Å². The number of carbonyl (C=O) groups excluding carboxylic acids is 1. The summed E-state index contributed by atoms with van der Waals surface area (Å²) in [6.45, 7) is 8.34. The molecule has 0 saturated heterocycles. The Hall–Kier alpha value is -4.23. The molecule has 0 aliphatic heterocycles. The lowest BCUT2D eigenvalue weighted by molar-refractivity contribution is 0.0955. The van der Waals surface area contributed by atoms with Crippen LogP contribution in [0.3, 0.4) is 0 Å². The van der Waals surface area contributed by atoms with Gasteiger partial charge in [0.15, 0.2) is 0 Å². The molecule has 0 saturated carbocycles. The fourth-order valence-corrected chi connectivity index (χ4v) is 5.62. The molecule has 0 fully saturated rings.